The minimum atomic E-state index is -0.279. The number of pyridine rings is 1. The van der Waals surface area contributed by atoms with E-state index in [4.69, 9.17) is 5.73 Å². The van der Waals surface area contributed by atoms with E-state index in [2.05, 4.69) is 15.0 Å². The zero-order chi connectivity index (χ0) is 9.97. The third-order valence-corrected chi connectivity index (χ3v) is 1.69. The van der Waals surface area contributed by atoms with Crippen LogP contribution in [0, 0.1) is 0 Å². The van der Waals surface area contributed by atoms with Crippen LogP contribution in [0.3, 0.4) is 0 Å². The molecule has 5 nitrogen and oxygen atoms in total. The third kappa shape index (κ3) is 1.61. The molecule has 3 N–H and O–H groups in total. The van der Waals surface area contributed by atoms with Gasteiger partial charge in [0.2, 0.25) is 5.95 Å². The Morgan fingerprint density at radius 3 is 2.79 bits per heavy atom. The van der Waals surface area contributed by atoms with Gasteiger partial charge in [-0.1, -0.05) is 6.07 Å². The molecule has 0 unspecified atom stereocenters. The van der Waals surface area contributed by atoms with Crippen molar-refractivity contribution in [1.29, 1.82) is 0 Å². The van der Waals surface area contributed by atoms with Gasteiger partial charge in [-0.25, -0.2) is 4.98 Å². The van der Waals surface area contributed by atoms with Crippen LogP contribution in [-0.4, -0.2) is 15.0 Å². The highest BCUT2D eigenvalue weighted by molar-refractivity contribution is 5.54. The lowest BCUT2D eigenvalue weighted by Crippen LogP contribution is -2.10. The Hall–Kier alpha value is -2.17. The van der Waals surface area contributed by atoms with E-state index >= 15 is 0 Å². The van der Waals surface area contributed by atoms with Crippen LogP contribution in [0.25, 0.3) is 11.4 Å². The van der Waals surface area contributed by atoms with Gasteiger partial charge in [0, 0.05) is 12.3 Å². The highest BCUT2D eigenvalue weighted by atomic mass is 16.1. The summed E-state index contributed by atoms with van der Waals surface area (Å²) in [6, 6.07) is 6.74. The van der Waals surface area contributed by atoms with Crippen LogP contribution < -0.4 is 11.3 Å². The fourth-order valence-electron chi connectivity index (χ4n) is 1.12. The van der Waals surface area contributed by atoms with E-state index in [-0.39, 0.29) is 11.5 Å². The topological polar surface area (TPSA) is 84.7 Å². The molecule has 0 saturated carbocycles. The fraction of sp³-hybridized carbons (Fsp3) is 0. The van der Waals surface area contributed by atoms with Gasteiger partial charge < -0.3 is 5.73 Å². The zero-order valence-electron chi connectivity index (χ0n) is 7.27. The quantitative estimate of drug-likeness (QED) is 0.679. The van der Waals surface area contributed by atoms with E-state index in [0.29, 0.717) is 11.4 Å². The minimum absolute atomic E-state index is 0.0955. The van der Waals surface area contributed by atoms with Crippen molar-refractivity contribution in [3.8, 4) is 11.4 Å². The number of nitrogen functional groups attached to an aromatic ring is 1. The van der Waals surface area contributed by atoms with Crippen LogP contribution in [0.1, 0.15) is 0 Å². The van der Waals surface area contributed by atoms with E-state index in [9.17, 15) is 4.79 Å². The number of nitrogens with one attached hydrogen (secondary N) is 1. The van der Waals surface area contributed by atoms with Gasteiger partial charge in [0.05, 0.1) is 11.4 Å². The van der Waals surface area contributed by atoms with Gasteiger partial charge in [0.15, 0.2) is 0 Å². The third-order valence-electron chi connectivity index (χ3n) is 1.69. The van der Waals surface area contributed by atoms with Gasteiger partial charge in [0.25, 0.3) is 5.56 Å². The molecule has 0 aliphatic carbocycles. The second-order valence-electron chi connectivity index (χ2n) is 2.73. The maximum atomic E-state index is 11.1. The summed E-state index contributed by atoms with van der Waals surface area (Å²) in [6.07, 6.45) is 1.63. The van der Waals surface area contributed by atoms with Crippen LogP contribution in [0.15, 0.2) is 35.3 Å². The van der Waals surface area contributed by atoms with Crippen molar-refractivity contribution in [3.05, 3.63) is 40.8 Å². The first-order valence-corrected chi connectivity index (χ1v) is 4.04. The molecule has 0 fully saturated rings. The lowest BCUT2D eigenvalue weighted by Gasteiger charge is -1.98. The van der Waals surface area contributed by atoms with Crippen molar-refractivity contribution >= 4 is 5.95 Å². The van der Waals surface area contributed by atoms with Crippen molar-refractivity contribution < 1.29 is 0 Å². The molecule has 2 aromatic heterocycles. The Bertz CT molecular complexity index is 492. The molecule has 14 heavy (non-hydrogen) atoms. The number of nitrogens with zero attached hydrogens (tertiary/aromatic N) is 2. The molecule has 0 saturated heterocycles. The minimum Gasteiger partial charge on any atom is -0.369 e. The van der Waals surface area contributed by atoms with Crippen LogP contribution in [-0.2, 0) is 0 Å². The predicted octanol–water partition coefficient (Wildman–Crippen LogP) is 0.414. The molecule has 2 aromatic rings. The Morgan fingerprint density at radius 2 is 2.14 bits per heavy atom. The largest absolute Gasteiger partial charge is 0.369 e. The number of aromatic nitrogens is 3. The molecule has 0 aliphatic rings. The molecule has 0 aromatic carbocycles. The van der Waals surface area contributed by atoms with E-state index in [1.54, 1.807) is 18.3 Å². The number of hydrogen-bond donors (Lipinski definition) is 2. The van der Waals surface area contributed by atoms with Gasteiger partial charge in [-0.2, -0.15) is 0 Å². The predicted molar refractivity (Wildman–Crippen MR) is 52.5 cm³/mol. The molecule has 0 aliphatic heterocycles. The number of aromatic amines is 1. The lowest BCUT2D eigenvalue weighted by atomic mass is 10.2. The summed E-state index contributed by atoms with van der Waals surface area (Å²) >= 11 is 0. The fourth-order valence-corrected chi connectivity index (χ4v) is 1.12. The first kappa shape index (κ1) is 8.43. The number of hydrogen-bond acceptors (Lipinski definition) is 4. The van der Waals surface area contributed by atoms with Crippen LogP contribution in [0.5, 0.6) is 0 Å². The molecule has 0 spiro atoms. The van der Waals surface area contributed by atoms with Gasteiger partial charge >= 0.3 is 0 Å². The molecule has 2 heterocycles. The monoisotopic (exact) mass is 188 g/mol. The maximum absolute atomic E-state index is 11.1. The molecule has 2 rings (SSSR count). The van der Waals surface area contributed by atoms with E-state index in [1.807, 2.05) is 6.07 Å². The highest BCUT2D eigenvalue weighted by Crippen LogP contribution is 2.10. The van der Waals surface area contributed by atoms with Crippen molar-refractivity contribution in [3.63, 3.8) is 0 Å². The molecular formula is C9H8N4O. The average molecular weight is 188 g/mol. The highest BCUT2D eigenvalue weighted by Gasteiger charge is 2.01. The molecule has 0 atom stereocenters. The Labute approximate surface area is 79.6 Å². The second-order valence-corrected chi connectivity index (χ2v) is 2.73. The van der Waals surface area contributed by atoms with Gasteiger partial charge in [-0.05, 0) is 12.1 Å². The normalized spacial score (nSPS) is 10.0. The number of nitrogens with two attached hydrogens (primary N) is 1. The van der Waals surface area contributed by atoms with Crippen LogP contribution >= 0.6 is 0 Å². The van der Waals surface area contributed by atoms with Crippen molar-refractivity contribution in [2.75, 3.05) is 5.73 Å². The van der Waals surface area contributed by atoms with E-state index < -0.39 is 0 Å². The summed E-state index contributed by atoms with van der Waals surface area (Å²) in [5.74, 6) is 0.0955. The summed E-state index contributed by atoms with van der Waals surface area (Å²) in [6.45, 7) is 0. The summed E-state index contributed by atoms with van der Waals surface area (Å²) in [5.41, 5.74) is 6.23. The Morgan fingerprint density at radius 1 is 1.29 bits per heavy atom. The van der Waals surface area contributed by atoms with Gasteiger partial charge in [-0.15, -0.1) is 0 Å². The summed E-state index contributed by atoms with van der Waals surface area (Å²) in [5, 5.41) is 0. The number of rotatable bonds is 1. The van der Waals surface area contributed by atoms with Crippen molar-refractivity contribution in [1.82, 2.24) is 15.0 Å². The van der Waals surface area contributed by atoms with E-state index in [1.165, 1.54) is 6.07 Å². The number of H-pyrrole nitrogens is 1. The lowest BCUT2D eigenvalue weighted by molar-refractivity contribution is 1.13. The molecule has 5 heteroatoms. The standard InChI is InChI=1S/C9H8N4O/c10-9-12-7(5-8(14)13-9)6-3-1-2-4-11-6/h1-5H,(H3,10,12,13,14). The van der Waals surface area contributed by atoms with Crippen molar-refractivity contribution in [2.45, 2.75) is 0 Å². The summed E-state index contributed by atoms with van der Waals surface area (Å²) in [4.78, 5) is 21.5. The SMILES string of the molecule is Nc1nc(-c2ccccn2)cc(=O)[nH]1. The number of anilines is 1. The Kier molecular flexibility index (Phi) is 1.98. The molecule has 0 radical (unpaired) electrons. The maximum Gasteiger partial charge on any atom is 0.252 e. The van der Waals surface area contributed by atoms with E-state index in [0.717, 1.165) is 0 Å². The first-order chi connectivity index (χ1) is 6.75. The second kappa shape index (κ2) is 3.29. The summed E-state index contributed by atoms with van der Waals surface area (Å²) in [7, 11) is 0. The van der Waals surface area contributed by atoms with Gasteiger partial charge in [0.1, 0.15) is 0 Å². The smallest absolute Gasteiger partial charge is 0.252 e. The van der Waals surface area contributed by atoms with Gasteiger partial charge in [-0.3, -0.25) is 14.8 Å². The Balaban J connectivity index is 2.58. The average Bonchev–Trinajstić information content (AvgIpc) is 2.18. The molecule has 70 valence electrons. The first-order valence-electron chi connectivity index (χ1n) is 4.04. The molecule has 0 bridgehead atoms. The van der Waals surface area contributed by atoms with Crippen LogP contribution in [0.2, 0.25) is 0 Å². The van der Waals surface area contributed by atoms with Crippen LogP contribution in [0.4, 0.5) is 5.95 Å². The van der Waals surface area contributed by atoms with Crippen molar-refractivity contribution in [2.24, 2.45) is 0 Å². The summed E-state index contributed by atoms with van der Waals surface area (Å²) < 4.78 is 0. The molecule has 0 amide bonds. The zero-order valence-corrected chi connectivity index (χ0v) is 7.27. The molecular weight excluding hydrogens is 180 g/mol.